The number of hydrogen-bond donors (Lipinski definition) is 1. The van der Waals surface area contributed by atoms with Crippen LogP contribution in [-0.4, -0.2) is 20.7 Å². The SMILES string of the molecule is O=C(C=Cc1cccc([N+](=O)[O-])c1)Nc1ccccc1-c1nc2cc([N+](=O)[O-])ccc2o1. The Labute approximate surface area is 180 Å². The first-order chi connectivity index (χ1) is 15.4. The molecule has 0 spiro atoms. The van der Waals surface area contributed by atoms with Crippen molar-refractivity contribution in [3.63, 3.8) is 0 Å². The first kappa shape index (κ1) is 20.4. The van der Waals surface area contributed by atoms with Gasteiger partial charge in [-0.25, -0.2) is 4.98 Å². The van der Waals surface area contributed by atoms with Crippen molar-refractivity contribution in [2.45, 2.75) is 0 Å². The minimum absolute atomic E-state index is 0.0749. The maximum atomic E-state index is 12.4. The van der Waals surface area contributed by atoms with Crippen LogP contribution in [0.2, 0.25) is 0 Å². The van der Waals surface area contributed by atoms with E-state index in [1.165, 1.54) is 48.6 Å². The number of hydrogen-bond acceptors (Lipinski definition) is 7. The van der Waals surface area contributed by atoms with Crippen molar-refractivity contribution < 1.29 is 19.1 Å². The van der Waals surface area contributed by atoms with Gasteiger partial charge >= 0.3 is 0 Å². The lowest BCUT2D eigenvalue weighted by molar-refractivity contribution is -0.385. The Kier molecular flexibility index (Phi) is 5.41. The summed E-state index contributed by atoms with van der Waals surface area (Å²) in [7, 11) is 0. The Balaban J connectivity index is 1.58. The highest BCUT2D eigenvalue weighted by atomic mass is 16.6. The molecule has 4 rings (SSSR count). The zero-order chi connectivity index (χ0) is 22.7. The molecule has 10 heteroatoms. The predicted molar refractivity (Wildman–Crippen MR) is 117 cm³/mol. The molecule has 0 aliphatic rings. The van der Waals surface area contributed by atoms with Gasteiger partial charge in [-0.2, -0.15) is 0 Å². The number of carbonyl (C=O) groups excluding carboxylic acids is 1. The van der Waals surface area contributed by atoms with E-state index in [9.17, 15) is 25.0 Å². The van der Waals surface area contributed by atoms with Crippen LogP contribution in [0.5, 0.6) is 0 Å². The first-order valence-corrected chi connectivity index (χ1v) is 9.28. The molecule has 0 aliphatic carbocycles. The highest BCUT2D eigenvalue weighted by Gasteiger charge is 2.16. The number of fused-ring (bicyclic) bond motifs is 1. The zero-order valence-electron chi connectivity index (χ0n) is 16.3. The minimum Gasteiger partial charge on any atom is -0.436 e. The highest BCUT2D eigenvalue weighted by molar-refractivity contribution is 6.04. The average Bonchev–Trinajstić information content (AvgIpc) is 3.21. The molecule has 158 valence electrons. The maximum Gasteiger partial charge on any atom is 0.271 e. The van der Waals surface area contributed by atoms with E-state index in [-0.39, 0.29) is 17.3 Å². The van der Waals surface area contributed by atoms with E-state index < -0.39 is 15.8 Å². The second kappa shape index (κ2) is 8.48. The lowest BCUT2D eigenvalue weighted by Crippen LogP contribution is -2.08. The fourth-order valence-corrected chi connectivity index (χ4v) is 3.01. The van der Waals surface area contributed by atoms with E-state index in [0.717, 1.165) is 0 Å². The van der Waals surface area contributed by atoms with Gasteiger partial charge in [0.2, 0.25) is 11.8 Å². The van der Waals surface area contributed by atoms with E-state index in [4.69, 9.17) is 4.42 Å². The monoisotopic (exact) mass is 430 g/mol. The van der Waals surface area contributed by atoms with Gasteiger partial charge in [-0.15, -0.1) is 0 Å². The number of oxazole rings is 1. The van der Waals surface area contributed by atoms with Crippen LogP contribution < -0.4 is 5.32 Å². The highest BCUT2D eigenvalue weighted by Crippen LogP contribution is 2.31. The second-order valence-corrected chi connectivity index (χ2v) is 6.65. The van der Waals surface area contributed by atoms with Crippen molar-refractivity contribution in [3.05, 3.63) is 98.6 Å². The number of nitro groups is 2. The van der Waals surface area contributed by atoms with Crippen molar-refractivity contribution >= 4 is 40.1 Å². The number of para-hydroxylation sites is 1. The van der Waals surface area contributed by atoms with Gasteiger partial charge in [0.15, 0.2) is 5.58 Å². The minimum atomic E-state index is -0.518. The van der Waals surface area contributed by atoms with Crippen LogP contribution in [0.4, 0.5) is 17.1 Å². The first-order valence-electron chi connectivity index (χ1n) is 9.28. The smallest absolute Gasteiger partial charge is 0.271 e. The number of benzene rings is 3. The number of rotatable bonds is 6. The molecule has 0 fully saturated rings. The summed E-state index contributed by atoms with van der Waals surface area (Å²) in [4.78, 5) is 37.6. The van der Waals surface area contributed by atoms with Crippen molar-refractivity contribution in [3.8, 4) is 11.5 Å². The Morgan fingerprint density at radius 2 is 1.69 bits per heavy atom. The molecule has 1 heterocycles. The van der Waals surface area contributed by atoms with Gasteiger partial charge in [-0.05, 0) is 29.8 Å². The third-order valence-corrected chi connectivity index (χ3v) is 4.51. The van der Waals surface area contributed by atoms with Gasteiger partial charge in [0.25, 0.3) is 11.4 Å². The number of anilines is 1. The summed E-state index contributed by atoms with van der Waals surface area (Å²) >= 11 is 0. The topological polar surface area (TPSA) is 141 Å². The summed E-state index contributed by atoms with van der Waals surface area (Å²) in [6.45, 7) is 0. The maximum absolute atomic E-state index is 12.4. The fraction of sp³-hybridized carbons (Fsp3) is 0. The summed E-state index contributed by atoms with van der Waals surface area (Å²) in [5, 5.41) is 24.6. The van der Waals surface area contributed by atoms with Crippen LogP contribution in [0.15, 0.2) is 77.2 Å². The van der Waals surface area contributed by atoms with Crippen LogP contribution >= 0.6 is 0 Å². The van der Waals surface area contributed by atoms with E-state index in [0.29, 0.717) is 27.9 Å². The van der Waals surface area contributed by atoms with Gasteiger partial charge in [0.05, 0.1) is 21.1 Å². The third kappa shape index (κ3) is 4.33. The lowest BCUT2D eigenvalue weighted by atomic mass is 10.1. The predicted octanol–water partition coefficient (Wildman–Crippen LogP) is 4.96. The molecule has 0 unspecified atom stereocenters. The van der Waals surface area contributed by atoms with Crippen LogP contribution in [0.3, 0.4) is 0 Å². The molecular weight excluding hydrogens is 416 g/mol. The summed E-state index contributed by atoms with van der Waals surface area (Å²) in [6.07, 6.45) is 2.72. The Morgan fingerprint density at radius 1 is 0.938 bits per heavy atom. The summed E-state index contributed by atoms with van der Waals surface area (Å²) in [5.41, 5.74) is 1.92. The summed E-state index contributed by atoms with van der Waals surface area (Å²) in [5.74, 6) is -0.269. The van der Waals surface area contributed by atoms with E-state index in [1.54, 1.807) is 30.3 Å². The van der Waals surface area contributed by atoms with Crippen LogP contribution in [0, 0.1) is 20.2 Å². The molecule has 0 saturated heterocycles. The number of nitrogens with zero attached hydrogens (tertiary/aromatic N) is 3. The average molecular weight is 430 g/mol. The molecule has 10 nitrogen and oxygen atoms in total. The molecule has 1 N–H and O–H groups in total. The van der Waals surface area contributed by atoms with E-state index in [1.807, 2.05) is 0 Å². The molecule has 3 aromatic carbocycles. The van der Waals surface area contributed by atoms with Crippen molar-refractivity contribution in [1.82, 2.24) is 4.98 Å². The third-order valence-electron chi connectivity index (χ3n) is 4.51. The molecular formula is C22H14N4O6. The lowest BCUT2D eigenvalue weighted by Gasteiger charge is -2.06. The van der Waals surface area contributed by atoms with Gasteiger partial charge in [0, 0.05) is 30.3 Å². The van der Waals surface area contributed by atoms with Gasteiger partial charge < -0.3 is 9.73 Å². The normalized spacial score (nSPS) is 11.0. The number of non-ortho nitro benzene ring substituents is 2. The molecule has 4 aromatic rings. The summed E-state index contributed by atoms with van der Waals surface area (Å²) in [6, 6.07) is 16.8. The van der Waals surface area contributed by atoms with Crippen molar-refractivity contribution in [1.29, 1.82) is 0 Å². The fourth-order valence-electron chi connectivity index (χ4n) is 3.01. The number of amides is 1. The molecule has 0 saturated carbocycles. The Morgan fingerprint density at radius 3 is 2.47 bits per heavy atom. The number of nitrogens with one attached hydrogen (secondary N) is 1. The largest absolute Gasteiger partial charge is 0.436 e. The van der Waals surface area contributed by atoms with Crippen LogP contribution in [0.25, 0.3) is 28.6 Å². The molecule has 1 amide bonds. The van der Waals surface area contributed by atoms with Crippen molar-refractivity contribution in [2.75, 3.05) is 5.32 Å². The van der Waals surface area contributed by atoms with E-state index in [2.05, 4.69) is 10.3 Å². The summed E-state index contributed by atoms with van der Waals surface area (Å²) < 4.78 is 5.71. The van der Waals surface area contributed by atoms with Crippen LogP contribution in [0.1, 0.15) is 5.56 Å². The molecule has 0 radical (unpaired) electrons. The Hall–Kier alpha value is -4.86. The molecule has 0 aliphatic heterocycles. The molecule has 0 bridgehead atoms. The molecule has 0 atom stereocenters. The van der Waals surface area contributed by atoms with Gasteiger partial charge in [-0.3, -0.25) is 25.0 Å². The van der Waals surface area contributed by atoms with Gasteiger partial charge in [0.1, 0.15) is 5.52 Å². The van der Waals surface area contributed by atoms with Crippen molar-refractivity contribution in [2.24, 2.45) is 0 Å². The molecule has 32 heavy (non-hydrogen) atoms. The molecule has 1 aromatic heterocycles. The number of aromatic nitrogens is 1. The Bertz CT molecular complexity index is 1390. The number of carbonyl (C=O) groups is 1. The second-order valence-electron chi connectivity index (χ2n) is 6.65. The van der Waals surface area contributed by atoms with Gasteiger partial charge in [-0.1, -0.05) is 24.3 Å². The number of nitro benzene ring substituents is 2. The standard InChI is InChI=1S/C22H14N4O6/c27-21(11-8-14-4-3-5-15(12-14)25(28)29)23-18-7-2-1-6-17(18)22-24-19-13-16(26(30)31)9-10-20(19)32-22/h1-13H,(H,23,27). The van der Waals surface area contributed by atoms with Crippen LogP contribution in [-0.2, 0) is 4.79 Å². The zero-order valence-corrected chi connectivity index (χ0v) is 16.3. The van der Waals surface area contributed by atoms with E-state index >= 15 is 0 Å². The quantitative estimate of drug-likeness (QED) is 0.259.